The molecule has 0 bridgehead atoms. The van der Waals surface area contributed by atoms with E-state index in [0.29, 0.717) is 18.7 Å². The molecule has 0 aliphatic heterocycles. The van der Waals surface area contributed by atoms with Gasteiger partial charge >= 0.3 is 5.97 Å². The van der Waals surface area contributed by atoms with Gasteiger partial charge in [0.05, 0.1) is 24.1 Å². The van der Waals surface area contributed by atoms with Crippen LogP contribution in [0.2, 0.25) is 0 Å². The van der Waals surface area contributed by atoms with Crippen molar-refractivity contribution in [3.05, 3.63) is 59.2 Å². The molecule has 0 saturated carbocycles. The third-order valence-corrected chi connectivity index (χ3v) is 2.80. The van der Waals surface area contributed by atoms with Crippen molar-refractivity contribution in [2.24, 2.45) is 0 Å². The smallest absolute Gasteiger partial charge is 0.339 e. The van der Waals surface area contributed by atoms with Crippen molar-refractivity contribution in [3.63, 3.8) is 0 Å². The van der Waals surface area contributed by atoms with Gasteiger partial charge in [-0.25, -0.2) is 4.79 Å². The van der Waals surface area contributed by atoms with Crippen molar-refractivity contribution in [1.82, 2.24) is 15.3 Å². The summed E-state index contributed by atoms with van der Waals surface area (Å²) in [5.74, 6) is -0.374. The first-order valence-corrected chi connectivity index (χ1v) is 6.35. The van der Waals surface area contributed by atoms with E-state index in [2.05, 4.69) is 20.0 Å². The molecule has 0 unspecified atom stereocenters. The van der Waals surface area contributed by atoms with Gasteiger partial charge in [0.1, 0.15) is 0 Å². The first-order chi connectivity index (χ1) is 9.69. The van der Waals surface area contributed by atoms with Gasteiger partial charge in [-0.3, -0.25) is 9.97 Å². The van der Waals surface area contributed by atoms with Crippen LogP contribution in [0.1, 0.15) is 27.4 Å². The van der Waals surface area contributed by atoms with Gasteiger partial charge in [0.25, 0.3) is 0 Å². The molecule has 0 fully saturated rings. The Hall–Kier alpha value is -2.27. The molecule has 0 aliphatic rings. The predicted octanol–water partition coefficient (Wildman–Crippen LogP) is 1.86. The van der Waals surface area contributed by atoms with Gasteiger partial charge in [0.2, 0.25) is 0 Å². The molecule has 0 radical (unpaired) electrons. The van der Waals surface area contributed by atoms with E-state index < -0.39 is 0 Å². The van der Waals surface area contributed by atoms with E-state index in [1.165, 1.54) is 13.3 Å². The zero-order chi connectivity index (χ0) is 14.4. The third-order valence-electron chi connectivity index (χ3n) is 2.80. The Labute approximate surface area is 118 Å². The van der Waals surface area contributed by atoms with E-state index in [1.807, 2.05) is 31.2 Å². The van der Waals surface area contributed by atoms with Gasteiger partial charge in [0, 0.05) is 25.0 Å². The molecular formula is C15H17N3O2. The highest BCUT2D eigenvalue weighted by molar-refractivity contribution is 5.88. The van der Waals surface area contributed by atoms with Crippen molar-refractivity contribution >= 4 is 5.97 Å². The zero-order valence-corrected chi connectivity index (χ0v) is 11.6. The summed E-state index contributed by atoms with van der Waals surface area (Å²) < 4.78 is 4.62. The molecule has 20 heavy (non-hydrogen) atoms. The Balaban J connectivity index is 1.86. The van der Waals surface area contributed by atoms with Crippen LogP contribution >= 0.6 is 0 Å². The fourth-order valence-electron chi connectivity index (χ4n) is 1.78. The molecule has 2 aromatic heterocycles. The lowest BCUT2D eigenvalue weighted by Gasteiger charge is -2.05. The second-order valence-electron chi connectivity index (χ2n) is 4.40. The number of pyridine rings is 2. The van der Waals surface area contributed by atoms with E-state index in [1.54, 1.807) is 6.07 Å². The van der Waals surface area contributed by atoms with Crippen molar-refractivity contribution in [3.8, 4) is 0 Å². The van der Waals surface area contributed by atoms with Crippen LogP contribution in [0.5, 0.6) is 0 Å². The monoisotopic (exact) mass is 271 g/mol. The van der Waals surface area contributed by atoms with Gasteiger partial charge in [-0.15, -0.1) is 0 Å². The lowest BCUT2D eigenvalue weighted by molar-refractivity contribution is 0.0600. The third kappa shape index (κ3) is 3.86. The summed E-state index contributed by atoms with van der Waals surface area (Å²) in [6.45, 7) is 3.27. The molecule has 2 heterocycles. The summed E-state index contributed by atoms with van der Waals surface area (Å²) in [5, 5.41) is 3.27. The van der Waals surface area contributed by atoms with Crippen LogP contribution < -0.4 is 5.32 Å². The standard InChI is InChI=1S/C15H17N3O2/c1-11-4-3-5-14(18-11)10-16-9-13-7-6-12(8-17-13)15(19)20-2/h3-8,16H,9-10H2,1-2H3. The molecular weight excluding hydrogens is 254 g/mol. The van der Waals surface area contributed by atoms with Crippen LogP contribution in [0.15, 0.2) is 36.5 Å². The number of esters is 1. The number of nitrogens with zero attached hydrogens (tertiary/aromatic N) is 2. The summed E-state index contributed by atoms with van der Waals surface area (Å²) >= 11 is 0. The van der Waals surface area contributed by atoms with E-state index in [0.717, 1.165) is 17.1 Å². The Morgan fingerprint density at radius 3 is 2.65 bits per heavy atom. The number of hydrogen-bond acceptors (Lipinski definition) is 5. The highest BCUT2D eigenvalue weighted by atomic mass is 16.5. The Kier molecular flexibility index (Phi) is 4.79. The van der Waals surface area contributed by atoms with Gasteiger partial charge in [-0.2, -0.15) is 0 Å². The molecule has 0 saturated heterocycles. The van der Waals surface area contributed by atoms with Crippen molar-refractivity contribution in [2.75, 3.05) is 7.11 Å². The molecule has 2 rings (SSSR count). The Morgan fingerprint density at radius 2 is 2.00 bits per heavy atom. The first-order valence-electron chi connectivity index (χ1n) is 6.35. The second-order valence-corrected chi connectivity index (χ2v) is 4.40. The molecule has 2 aromatic rings. The lowest BCUT2D eigenvalue weighted by Crippen LogP contribution is -2.15. The topological polar surface area (TPSA) is 64.1 Å². The Bertz CT molecular complexity index is 582. The quantitative estimate of drug-likeness (QED) is 0.841. The van der Waals surface area contributed by atoms with Crippen LogP contribution in [0, 0.1) is 6.92 Å². The summed E-state index contributed by atoms with van der Waals surface area (Å²) in [6, 6.07) is 9.46. The molecule has 0 aliphatic carbocycles. The molecule has 0 atom stereocenters. The number of hydrogen-bond donors (Lipinski definition) is 1. The molecule has 0 aromatic carbocycles. The summed E-state index contributed by atoms with van der Waals surface area (Å²) in [7, 11) is 1.35. The van der Waals surface area contributed by atoms with Gasteiger partial charge in [-0.05, 0) is 31.2 Å². The molecule has 0 amide bonds. The fourth-order valence-corrected chi connectivity index (χ4v) is 1.78. The number of aromatic nitrogens is 2. The predicted molar refractivity (Wildman–Crippen MR) is 75.1 cm³/mol. The highest BCUT2D eigenvalue weighted by Gasteiger charge is 2.05. The van der Waals surface area contributed by atoms with Crippen LogP contribution in [-0.2, 0) is 17.8 Å². The second kappa shape index (κ2) is 6.77. The Morgan fingerprint density at radius 1 is 1.20 bits per heavy atom. The van der Waals surface area contributed by atoms with E-state index in [-0.39, 0.29) is 5.97 Å². The minimum atomic E-state index is -0.374. The van der Waals surface area contributed by atoms with Crippen LogP contribution in [0.4, 0.5) is 0 Å². The van der Waals surface area contributed by atoms with Crippen molar-refractivity contribution < 1.29 is 9.53 Å². The molecule has 5 heteroatoms. The van der Waals surface area contributed by atoms with E-state index >= 15 is 0 Å². The largest absolute Gasteiger partial charge is 0.465 e. The van der Waals surface area contributed by atoms with Crippen molar-refractivity contribution in [1.29, 1.82) is 0 Å². The summed E-state index contributed by atoms with van der Waals surface area (Å²) in [5.41, 5.74) is 3.32. The number of carbonyl (C=O) groups excluding carboxylic acids is 1. The number of rotatable bonds is 5. The lowest BCUT2D eigenvalue weighted by atomic mass is 10.2. The summed E-state index contributed by atoms with van der Waals surface area (Å²) in [4.78, 5) is 19.9. The normalized spacial score (nSPS) is 10.3. The zero-order valence-electron chi connectivity index (χ0n) is 11.6. The molecule has 1 N–H and O–H groups in total. The SMILES string of the molecule is COC(=O)c1ccc(CNCc2cccc(C)n2)nc1. The van der Waals surface area contributed by atoms with Gasteiger partial charge in [0.15, 0.2) is 0 Å². The fraction of sp³-hybridized carbons (Fsp3) is 0.267. The average Bonchev–Trinajstić information content (AvgIpc) is 2.47. The van der Waals surface area contributed by atoms with Crippen LogP contribution in [0.3, 0.4) is 0 Å². The number of ether oxygens (including phenoxy) is 1. The average molecular weight is 271 g/mol. The maximum atomic E-state index is 11.3. The number of aryl methyl sites for hydroxylation is 1. The number of methoxy groups -OCH3 is 1. The number of carbonyl (C=O) groups is 1. The van der Waals surface area contributed by atoms with Crippen LogP contribution in [0.25, 0.3) is 0 Å². The maximum Gasteiger partial charge on any atom is 0.339 e. The number of nitrogens with one attached hydrogen (secondary N) is 1. The minimum Gasteiger partial charge on any atom is -0.465 e. The van der Waals surface area contributed by atoms with Gasteiger partial charge < -0.3 is 10.1 Å². The van der Waals surface area contributed by atoms with Gasteiger partial charge in [-0.1, -0.05) is 6.07 Å². The minimum absolute atomic E-state index is 0.374. The molecule has 0 spiro atoms. The van der Waals surface area contributed by atoms with Crippen LogP contribution in [-0.4, -0.2) is 23.0 Å². The molecule has 5 nitrogen and oxygen atoms in total. The first kappa shape index (κ1) is 14.1. The van der Waals surface area contributed by atoms with E-state index in [4.69, 9.17) is 0 Å². The molecule has 104 valence electrons. The maximum absolute atomic E-state index is 11.3. The summed E-state index contributed by atoms with van der Waals surface area (Å²) in [6.07, 6.45) is 1.52. The highest BCUT2D eigenvalue weighted by Crippen LogP contribution is 2.03. The van der Waals surface area contributed by atoms with E-state index in [9.17, 15) is 4.79 Å². The van der Waals surface area contributed by atoms with Crippen molar-refractivity contribution in [2.45, 2.75) is 20.0 Å².